The minimum absolute atomic E-state index is 0. The summed E-state index contributed by atoms with van der Waals surface area (Å²) in [6.07, 6.45) is 0. The Labute approximate surface area is 205 Å². The summed E-state index contributed by atoms with van der Waals surface area (Å²) in [5.74, 6) is -0.867. The predicted molar refractivity (Wildman–Crippen MR) is 112 cm³/mol. The van der Waals surface area contributed by atoms with Crippen LogP contribution in [0, 0.1) is 6.92 Å². The Hall–Kier alpha value is -2.20. The molecule has 31 heavy (non-hydrogen) atoms. The van der Waals surface area contributed by atoms with Gasteiger partial charge in [-0.3, -0.25) is 9.59 Å². The number of fused-ring (bicyclic) bond motifs is 2. The average molecular weight is 465 g/mol. The van der Waals surface area contributed by atoms with Gasteiger partial charge in [0.05, 0.1) is 32.4 Å². The number of aryl methyl sites for hydroxylation is 1. The van der Waals surface area contributed by atoms with Gasteiger partial charge in [-0.1, -0.05) is 41.9 Å². The molecule has 1 aliphatic carbocycles. The van der Waals surface area contributed by atoms with Crippen LogP contribution in [0.3, 0.4) is 0 Å². The summed E-state index contributed by atoms with van der Waals surface area (Å²) in [6, 6.07) is 11.7. The quantitative estimate of drug-likeness (QED) is 0.259. The van der Waals surface area contributed by atoms with Crippen molar-refractivity contribution in [1.82, 2.24) is 0 Å². The zero-order valence-corrected chi connectivity index (χ0v) is 20.1. The van der Waals surface area contributed by atoms with Crippen LogP contribution in [-0.4, -0.2) is 24.5 Å². The Morgan fingerprint density at radius 3 is 2.13 bits per heavy atom. The molecule has 0 aromatic heterocycles. The smallest absolute Gasteiger partial charge is 0.744 e. The summed E-state index contributed by atoms with van der Waals surface area (Å²) < 4.78 is 35.1. The molecular weight excluding hydrogens is 451 g/mol. The Morgan fingerprint density at radius 2 is 1.55 bits per heavy atom. The maximum Gasteiger partial charge on any atom is 1.00 e. The minimum Gasteiger partial charge on any atom is -0.744 e. The number of carbonyl (C=O) groups excluding carboxylic acids is 2. The Kier molecular flexibility index (Phi) is 6.35. The summed E-state index contributed by atoms with van der Waals surface area (Å²) in [7, 11) is -4.86. The molecule has 152 valence electrons. The van der Waals surface area contributed by atoms with Crippen molar-refractivity contribution in [3.63, 3.8) is 0 Å². The van der Waals surface area contributed by atoms with Gasteiger partial charge in [0.15, 0.2) is 11.6 Å². The Balaban J connectivity index is 0.00000272. The number of hydrogen-bond acceptors (Lipinski definition) is 7. The maximum absolute atomic E-state index is 13.2. The molecule has 0 aliphatic heterocycles. The SMILES string of the molecule is Cc1cc(Nc2c(Cl)cccc2S(=O)(=O)[O-])c2c(c1N)C(=O)c1ccccc1C2=O.[Na+]. The maximum atomic E-state index is 13.2. The van der Waals surface area contributed by atoms with Gasteiger partial charge in [-0.25, -0.2) is 8.42 Å². The molecule has 0 amide bonds. The fourth-order valence-corrected chi connectivity index (χ4v) is 4.45. The van der Waals surface area contributed by atoms with E-state index in [9.17, 15) is 22.6 Å². The van der Waals surface area contributed by atoms with Crippen molar-refractivity contribution in [3.05, 3.63) is 81.4 Å². The normalized spacial score (nSPS) is 12.6. The molecule has 3 aromatic carbocycles. The number of nitrogens with two attached hydrogens (primary N) is 1. The van der Waals surface area contributed by atoms with Crippen LogP contribution in [0.4, 0.5) is 17.1 Å². The van der Waals surface area contributed by atoms with Crippen LogP contribution in [0.15, 0.2) is 53.4 Å². The summed E-state index contributed by atoms with van der Waals surface area (Å²) in [4.78, 5) is 25.8. The molecular formula is C21H14ClN2NaO5S. The second kappa shape index (κ2) is 8.38. The molecule has 0 unspecified atom stereocenters. The number of para-hydroxylation sites is 1. The van der Waals surface area contributed by atoms with Crippen LogP contribution in [0.5, 0.6) is 0 Å². The first-order valence-electron chi connectivity index (χ1n) is 8.74. The molecule has 0 saturated heterocycles. The second-order valence-electron chi connectivity index (χ2n) is 6.80. The van der Waals surface area contributed by atoms with E-state index in [0.29, 0.717) is 5.56 Å². The van der Waals surface area contributed by atoms with Gasteiger partial charge in [-0.2, -0.15) is 0 Å². The zero-order chi connectivity index (χ0) is 21.8. The largest absolute Gasteiger partial charge is 1.00 e. The molecule has 0 heterocycles. The number of carbonyl (C=O) groups is 2. The third-order valence-electron chi connectivity index (χ3n) is 4.95. The first-order valence-corrected chi connectivity index (χ1v) is 10.5. The monoisotopic (exact) mass is 464 g/mol. The van der Waals surface area contributed by atoms with E-state index in [-0.39, 0.29) is 73.9 Å². The molecule has 0 radical (unpaired) electrons. The van der Waals surface area contributed by atoms with Gasteiger partial charge in [0.25, 0.3) is 0 Å². The number of anilines is 3. The van der Waals surface area contributed by atoms with Crippen molar-refractivity contribution in [2.24, 2.45) is 0 Å². The van der Waals surface area contributed by atoms with E-state index < -0.39 is 26.6 Å². The summed E-state index contributed by atoms with van der Waals surface area (Å²) in [6.45, 7) is 1.65. The van der Waals surface area contributed by atoms with E-state index >= 15 is 0 Å². The van der Waals surface area contributed by atoms with E-state index in [1.165, 1.54) is 24.3 Å². The number of halogens is 1. The number of nitrogens with one attached hydrogen (secondary N) is 1. The van der Waals surface area contributed by atoms with Gasteiger partial charge in [0.2, 0.25) is 0 Å². The molecule has 0 atom stereocenters. The van der Waals surface area contributed by atoms with E-state index in [4.69, 9.17) is 17.3 Å². The molecule has 4 rings (SSSR count). The zero-order valence-electron chi connectivity index (χ0n) is 16.5. The summed E-state index contributed by atoms with van der Waals surface area (Å²) in [5, 5.41) is 2.75. The van der Waals surface area contributed by atoms with Gasteiger partial charge in [-0.15, -0.1) is 0 Å². The van der Waals surface area contributed by atoms with Crippen LogP contribution < -0.4 is 40.6 Å². The number of rotatable bonds is 3. The summed E-state index contributed by atoms with van der Waals surface area (Å²) in [5.41, 5.74) is 7.19. The van der Waals surface area contributed by atoms with Crippen LogP contribution in [0.1, 0.15) is 37.4 Å². The van der Waals surface area contributed by atoms with Gasteiger partial charge in [0.1, 0.15) is 10.1 Å². The molecule has 3 aromatic rings. The van der Waals surface area contributed by atoms with Crippen molar-refractivity contribution < 1.29 is 52.1 Å². The van der Waals surface area contributed by atoms with Crippen molar-refractivity contribution in [1.29, 1.82) is 0 Å². The van der Waals surface area contributed by atoms with Crippen LogP contribution in [-0.2, 0) is 10.1 Å². The van der Waals surface area contributed by atoms with Crippen molar-refractivity contribution >= 4 is 50.3 Å². The number of benzene rings is 3. The number of hydrogen-bond donors (Lipinski definition) is 2. The first-order chi connectivity index (χ1) is 14.1. The average Bonchev–Trinajstić information content (AvgIpc) is 2.69. The van der Waals surface area contributed by atoms with Gasteiger partial charge in [-0.05, 0) is 30.7 Å². The Morgan fingerprint density at radius 1 is 0.968 bits per heavy atom. The number of ketones is 2. The molecule has 0 bridgehead atoms. The fraction of sp³-hybridized carbons (Fsp3) is 0.0476. The molecule has 0 spiro atoms. The standard InChI is InChI=1S/C21H15ClN2O5S.Na/c1-10-9-14(24-19-13(22)7-4-8-15(19)30(27,28)29)16-17(18(10)23)21(26)12-6-3-2-5-11(12)20(16)25;/h2-9,24H,23H2,1H3,(H,27,28,29);/q;+1/p-1. The second-order valence-corrected chi connectivity index (χ2v) is 8.56. The van der Waals surface area contributed by atoms with Gasteiger partial charge in [0, 0.05) is 16.8 Å². The van der Waals surface area contributed by atoms with Crippen LogP contribution in [0.25, 0.3) is 0 Å². The van der Waals surface area contributed by atoms with Gasteiger partial charge >= 0.3 is 29.6 Å². The van der Waals surface area contributed by atoms with Crippen LogP contribution in [0.2, 0.25) is 5.02 Å². The van der Waals surface area contributed by atoms with E-state index in [2.05, 4.69) is 5.32 Å². The molecule has 0 fully saturated rings. The number of nitrogen functional groups attached to an aromatic ring is 1. The molecule has 0 saturated carbocycles. The van der Waals surface area contributed by atoms with Crippen molar-refractivity contribution in [2.45, 2.75) is 11.8 Å². The first kappa shape index (κ1) is 23.5. The molecule has 1 aliphatic rings. The Bertz CT molecular complexity index is 1370. The van der Waals surface area contributed by atoms with Crippen LogP contribution >= 0.6 is 11.6 Å². The third-order valence-corrected chi connectivity index (χ3v) is 6.14. The minimum atomic E-state index is -4.86. The molecule has 7 nitrogen and oxygen atoms in total. The van der Waals surface area contributed by atoms with E-state index in [1.807, 2.05) is 0 Å². The molecule has 10 heteroatoms. The third kappa shape index (κ3) is 3.91. The summed E-state index contributed by atoms with van der Waals surface area (Å²) >= 11 is 6.14. The van der Waals surface area contributed by atoms with Crippen molar-refractivity contribution in [2.75, 3.05) is 11.1 Å². The van der Waals surface area contributed by atoms with E-state index in [1.54, 1.807) is 25.1 Å². The van der Waals surface area contributed by atoms with E-state index in [0.717, 1.165) is 6.07 Å². The molecule has 3 N–H and O–H groups in total. The van der Waals surface area contributed by atoms with Gasteiger partial charge < -0.3 is 15.6 Å². The topological polar surface area (TPSA) is 129 Å². The van der Waals surface area contributed by atoms with Crippen molar-refractivity contribution in [3.8, 4) is 0 Å². The fourth-order valence-electron chi connectivity index (χ4n) is 3.52. The predicted octanol–water partition coefficient (Wildman–Crippen LogP) is 0.658.